The van der Waals surface area contributed by atoms with E-state index in [1.54, 1.807) is 11.9 Å². The lowest BCUT2D eigenvalue weighted by atomic mass is 10.2. The Labute approximate surface area is 75.8 Å². The molecule has 0 unspecified atom stereocenters. The van der Waals surface area contributed by atoms with Crippen LogP contribution in [0.5, 0.6) is 0 Å². The standard InChI is InChI=1S/C8H7NS.CH2O/c1-2-4-8-7(3-1)5-6-9-10-8;1-2/h1-6,9H;1H2. The molecule has 2 rings (SSSR count). The van der Waals surface area contributed by atoms with Crippen LogP contribution in [0.2, 0.25) is 0 Å². The van der Waals surface area contributed by atoms with Crippen LogP contribution >= 0.6 is 11.9 Å². The quantitative estimate of drug-likeness (QED) is 0.618. The van der Waals surface area contributed by atoms with E-state index >= 15 is 0 Å². The van der Waals surface area contributed by atoms with Crippen LogP contribution in [-0.2, 0) is 4.79 Å². The Balaban J connectivity index is 0.000000336. The van der Waals surface area contributed by atoms with Crippen LogP contribution < -0.4 is 4.72 Å². The topological polar surface area (TPSA) is 29.1 Å². The average molecular weight is 179 g/mol. The predicted octanol–water partition coefficient (Wildman–Crippen LogP) is 2.08. The molecule has 0 fully saturated rings. The summed E-state index contributed by atoms with van der Waals surface area (Å²) in [5, 5.41) is 0. The van der Waals surface area contributed by atoms with Gasteiger partial charge in [-0.1, -0.05) is 18.2 Å². The molecule has 0 saturated heterocycles. The molecule has 1 heterocycles. The van der Waals surface area contributed by atoms with Crippen molar-refractivity contribution in [1.82, 2.24) is 4.72 Å². The molecule has 1 aliphatic heterocycles. The maximum atomic E-state index is 8.00. The largest absolute Gasteiger partial charge is 0.332 e. The van der Waals surface area contributed by atoms with Gasteiger partial charge in [0.25, 0.3) is 0 Å². The van der Waals surface area contributed by atoms with E-state index in [4.69, 9.17) is 4.79 Å². The third-order valence-corrected chi connectivity index (χ3v) is 2.26. The van der Waals surface area contributed by atoms with Crippen molar-refractivity contribution in [3.05, 3.63) is 36.0 Å². The number of nitrogens with one attached hydrogen (secondary N) is 1. The molecule has 0 bridgehead atoms. The number of rotatable bonds is 0. The fourth-order valence-corrected chi connectivity index (χ4v) is 1.60. The predicted molar refractivity (Wildman–Crippen MR) is 51.6 cm³/mol. The Hall–Kier alpha value is -1.22. The van der Waals surface area contributed by atoms with E-state index in [1.165, 1.54) is 10.5 Å². The van der Waals surface area contributed by atoms with Gasteiger partial charge in [-0.3, -0.25) is 0 Å². The summed E-state index contributed by atoms with van der Waals surface area (Å²) in [5.41, 5.74) is 1.30. The highest BCUT2D eigenvalue weighted by molar-refractivity contribution is 7.97. The Morgan fingerprint density at radius 3 is 2.75 bits per heavy atom. The zero-order chi connectivity index (χ0) is 8.81. The molecule has 1 N–H and O–H groups in total. The van der Waals surface area contributed by atoms with E-state index in [-0.39, 0.29) is 0 Å². The number of fused-ring (bicyclic) bond motifs is 1. The highest BCUT2D eigenvalue weighted by atomic mass is 32.2. The second kappa shape index (κ2) is 4.62. The summed E-state index contributed by atoms with van der Waals surface area (Å²) in [6.45, 7) is 2.00. The van der Waals surface area contributed by atoms with Crippen molar-refractivity contribution in [2.24, 2.45) is 0 Å². The molecule has 0 radical (unpaired) electrons. The molecular formula is C9H9NOS. The van der Waals surface area contributed by atoms with Gasteiger partial charge >= 0.3 is 0 Å². The summed E-state index contributed by atoms with van der Waals surface area (Å²) in [7, 11) is 0. The average Bonchev–Trinajstić information content (AvgIpc) is 2.21. The third-order valence-electron chi connectivity index (χ3n) is 1.42. The molecule has 1 aliphatic rings. The van der Waals surface area contributed by atoms with Gasteiger partial charge in [-0.25, -0.2) is 0 Å². The van der Waals surface area contributed by atoms with Crippen LogP contribution in [0.4, 0.5) is 0 Å². The molecule has 0 atom stereocenters. The molecule has 0 saturated carbocycles. The van der Waals surface area contributed by atoms with Gasteiger partial charge in [-0.15, -0.1) is 0 Å². The fourth-order valence-electron chi connectivity index (χ4n) is 0.932. The maximum absolute atomic E-state index is 8.00. The zero-order valence-electron chi connectivity index (χ0n) is 6.49. The van der Waals surface area contributed by atoms with Crippen molar-refractivity contribution in [2.45, 2.75) is 4.90 Å². The van der Waals surface area contributed by atoms with Gasteiger partial charge < -0.3 is 9.52 Å². The molecule has 3 heteroatoms. The van der Waals surface area contributed by atoms with Crippen LogP contribution in [0.15, 0.2) is 35.4 Å². The van der Waals surface area contributed by atoms with E-state index < -0.39 is 0 Å². The van der Waals surface area contributed by atoms with Crippen LogP contribution in [0.3, 0.4) is 0 Å². The molecule has 12 heavy (non-hydrogen) atoms. The molecule has 0 spiro atoms. The lowest BCUT2D eigenvalue weighted by Crippen LogP contribution is -1.96. The smallest absolute Gasteiger partial charge is 0.106 e. The van der Waals surface area contributed by atoms with Gasteiger partial charge in [0.1, 0.15) is 6.79 Å². The summed E-state index contributed by atoms with van der Waals surface area (Å²) in [6.07, 6.45) is 4.03. The van der Waals surface area contributed by atoms with Gasteiger partial charge in [0, 0.05) is 11.1 Å². The highest BCUT2D eigenvalue weighted by Gasteiger charge is 2.00. The van der Waals surface area contributed by atoms with Gasteiger partial charge in [0.15, 0.2) is 0 Å². The summed E-state index contributed by atoms with van der Waals surface area (Å²) >= 11 is 1.65. The summed E-state index contributed by atoms with van der Waals surface area (Å²) < 4.78 is 3.08. The molecule has 2 nitrogen and oxygen atoms in total. The van der Waals surface area contributed by atoms with Crippen molar-refractivity contribution >= 4 is 24.8 Å². The first-order chi connectivity index (χ1) is 5.97. The first-order valence-electron chi connectivity index (χ1n) is 3.43. The van der Waals surface area contributed by atoms with E-state index in [2.05, 4.69) is 29.0 Å². The highest BCUT2D eigenvalue weighted by Crippen LogP contribution is 2.23. The van der Waals surface area contributed by atoms with Crippen LogP contribution in [-0.4, -0.2) is 6.79 Å². The molecule has 62 valence electrons. The molecule has 0 amide bonds. The number of hydrogen-bond acceptors (Lipinski definition) is 3. The van der Waals surface area contributed by atoms with Gasteiger partial charge in [-0.05, 0) is 29.7 Å². The van der Waals surface area contributed by atoms with Crippen LogP contribution in [0, 0.1) is 0 Å². The molecule has 1 aromatic carbocycles. The Morgan fingerprint density at radius 2 is 2.00 bits per heavy atom. The van der Waals surface area contributed by atoms with E-state index in [0.717, 1.165) is 0 Å². The van der Waals surface area contributed by atoms with Gasteiger partial charge in [0.05, 0.1) is 0 Å². The first kappa shape index (κ1) is 8.87. The second-order valence-electron chi connectivity index (χ2n) is 2.09. The minimum Gasteiger partial charge on any atom is -0.332 e. The normalized spacial score (nSPS) is 12.0. The Morgan fingerprint density at radius 1 is 1.25 bits per heavy atom. The summed E-state index contributed by atoms with van der Waals surface area (Å²) in [4.78, 5) is 9.30. The van der Waals surface area contributed by atoms with Crippen molar-refractivity contribution in [3.63, 3.8) is 0 Å². The Kier molecular flexibility index (Phi) is 3.41. The van der Waals surface area contributed by atoms with Gasteiger partial charge in [-0.2, -0.15) is 0 Å². The molecular weight excluding hydrogens is 170 g/mol. The van der Waals surface area contributed by atoms with Crippen LogP contribution in [0.1, 0.15) is 5.56 Å². The van der Waals surface area contributed by atoms with E-state index in [0.29, 0.717) is 0 Å². The van der Waals surface area contributed by atoms with Crippen molar-refractivity contribution < 1.29 is 4.79 Å². The van der Waals surface area contributed by atoms with Crippen LogP contribution in [0.25, 0.3) is 6.08 Å². The first-order valence-corrected chi connectivity index (χ1v) is 4.25. The molecule has 0 aromatic heterocycles. The molecule has 1 aromatic rings. The number of carbonyl (C=O) groups is 1. The number of benzene rings is 1. The zero-order valence-corrected chi connectivity index (χ0v) is 7.30. The monoisotopic (exact) mass is 179 g/mol. The van der Waals surface area contributed by atoms with E-state index in [9.17, 15) is 0 Å². The third kappa shape index (κ3) is 1.89. The second-order valence-corrected chi connectivity index (χ2v) is 2.97. The lowest BCUT2D eigenvalue weighted by Gasteiger charge is -2.08. The maximum Gasteiger partial charge on any atom is 0.106 e. The molecule has 0 aliphatic carbocycles. The minimum absolute atomic E-state index is 1.30. The van der Waals surface area contributed by atoms with E-state index in [1.807, 2.05) is 19.1 Å². The summed E-state index contributed by atoms with van der Waals surface area (Å²) in [5.74, 6) is 0. The van der Waals surface area contributed by atoms with Crippen molar-refractivity contribution in [2.75, 3.05) is 0 Å². The Bertz CT molecular complexity index is 286. The van der Waals surface area contributed by atoms with Gasteiger partial charge in [0.2, 0.25) is 0 Å². The number of carbonyl (C=O) groups excluding carboxylic acids is 1. The minimum atomic E-state index is 1.30. The number of hydrogen-bond donors (Lipinski definition) is 1. The van der Waals surface area contributed by atoms with Crippen molar-refractivity contribution in [3.8, 4) is 0 Å². The SMILES string of the molecule is C1=Cc2ccccc2SN1.C=O. The fraction of sp³-hybridized carbons (Fsp3) is 0. The lowest BCUT2D eigenvalue weighted by molar-refractivity contribution is -0.0979. The summed E-state index contributed by atoms with van der Waals surface area (Å²) in [6, 6.07) is 8.32. The van der Waals surface area contributed by atoms with Crippen molar-refractivity contribution in [1.29, 1.82) is 0 Å².